The van der Waals surface area contributed by atoms with Gasteiger partial charge in [0.25, 0.3) is 11.8 Å². The normalized spacial score (nSPS) is 20.0. The first-order chi connectivity index (χ1) is 12.4. The number of nitrogens with zero attached hydrogens (tertiary/aromatic N) is 1. The van der Waals surface area contributed by atoms with E-state index in [0.29, 0.717) is 30.9 Å². The molecule has 1 aliphatic rings. The zero-order valence-electron chi connectivity index (χ0n) is 14.8. The molecule has 3 rings (SSSR count). The lowest BCUT2D eigenvalue weighted by Gasteiger charge is -2.35. The molecule has 0 bridgehead atoms. The van der Waals surface area contributed by atoms with Crippen molar-refractivity contribution < 1.29 is 14.3 Å². The number of ether oxygens (including phenoxy) is 1. The molecular weight excluding hydrogens is 398 g/mol. The molecule has 0 aliphatic carbocycles. The third kappa shape index (κ3) is 4.53. The number of nitrogens with one attached hydrogen (secondary N) is 2. The minimum atomic E-state index is -0.174. The Morgan fingerprint density at radius 2 is 1.88 bits per heavy atom. The van der Waals surface area contributed by atoms with Crippen molar-refractivity contribution in [1.29, 1.82) is 0 Å². The van der Waals surface area contributed by atoms with Gasteiger partial charge in [0, 0.05) is 35.9 Å². The summed E-state index contributed by atoms with van der Waals surface area (Å²) in [6.07, 6.45) is 1.80. The molecule has 0 spiro atoms. The maximum absolute atomic E-state index is 12.6. The van der Waals surface area contributed by atoms with Gasteiger partial charge in [-0.05, 0) is 53.5 Å². The number of morpholine rings is 1. The quantitative estimate of drug-likeness (QED) is 0.799. The van der Waals surface area contributed by atoms with Crippen LogP contribution in [-0.2, 0) is 11.3 Å². The van der Waals surface area contributed by atoms with Crippen LogP contribution >= 0.6 is 15.9 Å². The molecule has 0 radical (unpaired) electrons. The molecule has 2 heterocycles. The number of hydrogen-bond acceptors (Lipinski definition) is 3. The SMILES string of the molecule is C[C@@H]1CN(C(=O)c2ccc(CNC(=O)c3cc(Br)c[nH]3)cc2)C[C@@H](C)O1. The number of halogens is 1. The van der Waals surface area contributed by atoms with Crippen molar-refractivity contribution in [3.8, 4) is 0 Å². The van der Waals surface area contributed by atoms with Crippen LogP contribution < -0.4 is 5.32 Å². The van der Waals surface area contributed by atoms with E-state index in [2.05, 4.69) is 26.2 Å². The highest BCUT2D eigenvalue weighted by atomic mass is 79.9. The molecule has 1 aromatic heterocycles. The number of aromatic amines is 1. The number of hydrogen-bond donors (Lipinski definition) is 2. The summed E-state index contributed by atoms with van der Waals surface area (Å²) in [6.45, 7) is 5.56. The lowest BCUT2D eigenvalue weighted by atomic mass is 10.1. The molecular formula is C19H22BrN3O3. The van der Waals surface area contributed by atoms with Gasteiger partial charge in [-0.2, -0.15) is 0 Å². The minimum Gasteiger partial charge on any atom is -0.372 e. The van der Waals surface area contributed by atoms with Gasteiger partial charge >= 0.3 is 0 Å². The molecule has 138 valence electrons. The molecule has 7 heteroatoms. The van der Waals surface area contributed by atoms with E-state index >= 15 is 0 Å². The summed E-state index contributed by atoms with van der Waals surface area (Å²) in [5.74, 6) is -0.161. The minimum absolute atomic E-state index is 0.0128. The van der Waals surface area contributed by atoms with E-state index in [1.54, 1.807) is 24.4 Å². The van der Waals surface area contributed by atoms with Crippen LogP contribution in [-0.4, -0.2) is 47.0 Å². The maximum atomic E-state index is 12.6. The van der Waals surface area contributed by atoms with E-state index in [9.17, 15) is 9.59 Å². The highest BCUT2D eigenvalue weighted by Gasteiger charge is 2.26. The molecule has 2 aromatic rings. The highest BCUT2D eigenvalue weighted by molar-refractivity contribution is 9.10. The average molecular weight is 420 g/mol. The summed E-state index contributed by atoms with van der Waals surface area (Å²) >= 11 is 3.30. The Morgan fingerprint density at radius 1 is 1.23 bits per heavy atom. The van der Waals surface area contributed by atoms with Gasteiger partial charge in [-0.15, -0.1) is 0 Å². The molecule has 6 nitrogen and oxygen atoms in total. The summed E-state index contributed by atoms with van der Waals surface area (Å²) in [5, 5.41) is 2.85. The number of amides is 2. The first-order valence-electron chi connectivity index (χ1n) is 8.58. The van der Waals surface area contributed by atoms with Crippen molar-refractivity contribution in [2.24, 2.45) is 0 Å². The molecule has 2 atom stereocenters. The van der Waals surface area contributed by atoms with Crippen LogP contribution in [0.3, 0.4) is 0 Å². The Balaban J connectivity index is 1.58. The number of aromatic nitrogens is 1. The van der Waals surface area contributed by atoms with Crippen LogP contribution in [0.1, 0.15) is 40.3 Å². The van der Waals surface area contributed by atoms with Crippen LogP contribution in [0.4, 0.5) is 0 Å². The van der Waals surface area contributed by atoms with Crippen molar-refractivity contribution in [2.45, 2.75) is 32.6 Å². The number of benzene rings is 1. The molecule has 1 aromatic carbocycles. The standard InChI is InChI=1S/C19H22BrN3O3/c1-12-10-23(11-13(2)26-12)19(25)15-5-3-14(4-6-15)8-22-18(24)17-7-16(20)9-21-17/h3-7,9,12-13,21H,8,10-11H2,1-2H3,(H,22,24)/t12-,13-/m1/s1. The Morgan fingerprint density at radius 3 is 2.46 bits per heavy atom. The van der Waals surface area contributed by atoms with Crippen LogP contribution in [0.25, 0.3) is 0 Å². The molecule has 2 amide bonds. The third-order valence-corrected chi connectivity index (χ3v) is 4.71. The summed E-state index contributed by atoms with van der Waals surface area (Å²) in [6, 6.07) is 9.07. The number of carbonyl (C=O) groups excluding carboxylic acids is 2. The van der Waals surface area contributed by atoms with Gasteiger partial charge in [-0.3, -0.25) is 9.59 Å². The van der Waals surface area contributed by atoms with E-state index in [1.807, 2.05) is 30.9 Å². The topological polar surface area (TPSA) is 74.4 Å². The molecule has 2 N–H and O–H groups in total. The van der Waals surface area contributed by atoms with Crippen molar-refractivity contribution in [3.05, 3.63) is 57.8 Å². The third-order valence-electron chi connectivity index (χ3n) is 4.25. The first kappa shape index (κ1) is 18.7. The van der Waals surface area contributed by atoms with Crippen molar-refractivity contribution in [3.63, 3.8) is 0 Å². The van der Waals surface area contributed by atoms with Gasteiger partial charge in [0.1, 0.15) is 5.69 Å². The van der Waals surface area contributed by atoms with E-state index in [-0.39, 0.29) is 24.0 Å². The summed E-state index contributed by atoms with van der Waals surface area (Å²) in [5.41, 5.74) is 2.08. The fourth-order valence-corrected chi connectivity index (χ4v) is 3.41. The summed E-state index contributed by atoms with van der Waals surface area (Å²) in [4.78, 5) is 29.4. The summed E-state index contributed by atoms with van der Waals surface area (Å²) in [7, 11) is 0. The molecule has 1 aliphatic heterocycles. The second-order valence-corrected chi connectivity index (χ2v) is 7.49. The predicted octanol–water partition coefficient (Wildman–Crippen LogP) is 2.96. The van der Waals surface area contributed by atoms with Crippen LogP contribution in [0.2, 0.25) is 0 Å². The van der Waals surface area contributed by atoms with Crippen LogP contribution in [0, 0.1) is 0 Å². The Labute approximate surface area is 161 Å². The van der Waals surface area contributed by atoms with E-state index in [1.165, 1.54) is 0 Å². The van der Waals surface area contributed by atoms with Crippen molar-refractivity contribution in [2.75, 3.05) is 13.1 Å². The molecule has 1 fully saturated rings. The second-order valence-electron chi connectivity index (χ2n) is 6.58. The maximum Gasteiger partial charge on any atom is 0.267 e. The van der Waals surface area contributed by atoms with E-state index in [0.717, 1.165) is 10.0 Å². The van der Waals surface area contributed by atoms with Gasteiger partial charge in [0.2, 0.25) is 0 Å². The van der Waals surface area contributed by atoms with E-state index < -0.39 is 0 Å². The van der Waals surface area contributed by atoms with Gasteiger partial charge in [-0.25, -0.2) is 0 Å². The number of carbonyl (C=O) groups is 2. The Kier molecular flexibility index (Phi) is 5.78. The smallest absolute Gasteiger partial charge is 0.267 e. The van der Waals surface area contributed by atoms with Gasteiger partial charge in [-0.1, -0.05) is 12.1 Å². The average Bonchev–Trinajstić information content (AvgIpc) is 3.05. The molecule has 26 heavy (non-hydrogen) atoms. The van der Waals surface area contributed by atoms with Gasteiger partial charge in [0.15, 0.2) is 0 Å². The van der Waals surface area contributed by atoms with Gasteiger partial charge < -0.3 is 19.9 Å². The summed E-state index contributed by atoms with van der Waals surface area (Å²) < 4.78 is 6.51. The monoisotopic (exact) mass is 419 g/mol. The highest BCUT2D eigenvalue weighted by Crippen LogP contribution is 2.15. The zero-order chi connectivity index (χ0) is 18.7. The molecule has 0 saturated carbocycles. The zero-order valence-corrected chi connectivity index (χ0v) is 16.4. The Hall–Kier alpha value is -2.12. The fourth-order valence-electron chi connectivity index (χ4n) is 3.07. The molecule has 1 saturated heterocycles. The van der Waals surface area contributed by atoms with Crippen molar-refractivity contribution >= 4 is 27.7 Å². The lowest BCUT2D eigenvalue weighted by Crippen LogP contribution is -2.48. The van der Waals surface area contributed by atoms with Gasteiger partial charge in [0.05, 0.1) is 12.2 Å². The second kappa shape index (κ2) is 8.05. The van der Waals surface area contributed by atoms with Crippen molar-refractivity contribution in [1.82, 2.24) is 15.2 Å². The number of H-pyrrole nitrogens is 1. The van der Waals surface area contributed by atoms with Crippen LogP contribution in [0.5, 0.6) is 0 Å². The largest absolute Gasteiger partial charge is 0.372 e. The lowest BCUT2D eigenvalue weighted by molar-refractivity contribution is -0.0586. The Bertz CT molecular complexity index is 778. The first-order valence-corrected chi connectivity index (χ1v) is 9.37. The molecule has 0 unspecified atom stereocenters. The number of rotatable bonds is 4. The fraction of sp³-hybridized carbons (Fsp3) is 0.368. The predicted molar refractivity (Wildman–Crippen MR) is 102 cm³/mol. The van der Waals surface area contributed by atoms with E-state index in [4.69, 9.17) is 4.74 Å². The van der Waals surface area contributed by atoms with Crippen LogP contribution in [0.15, 0.2) is 41.0 Å².